The quantitative estimate of drug-likeness (QED) is 0.455. The number of thioether (sulfide) groups is 1. The zero-order chi connectivity index (χ0) is 20.8. The number of hydrogen-bond donors (Lipinski definition) is 0. The Morgan fingerprint density at radius 2 is 2.04 bits per heavy atom. The summed E-state index contributed by atoms with van der Waals surface area (Å²) in [7, 11) is 1.19. The van der Waals surface area contributed by atoms with Gasteiger partial charge in [-0.3, -0.25) is 19.3 Å². The Balaban J connectivity index is 2.33. The molecule has 1 heterocycles. The topological polar surface area (TPSA) is 82.1 Å². The van der Waals surface area contributed by atoms with Crippen LogP contribution in [0.2, 0.25) is 5.02 Å². The molecule has 0 aromatic heterocycles. The zero-order valence-electron chi connectivity index (χ0n) is 16.1. The third kappa shape index (κ3) is 5.20. The highest BCUT2D eigenvalue weighted by atomic mass is 35.5. The highest BCUT2D eigenvalue weighted by molar-refractivity contribution is 8.18. The van der Waals surface area contributed by atoms with E-state index in [0.29, 0.717) is 28.7 Å². The van der Waals surface area contributed by atoms with Gasteiger partial charge < -0.3 is 14.2 Å². The van der Waals surface area contributed by atoms with Gasteiger partial charge in [-0.05, 0) is 55.8 Å². The van der Waals surface area contributed by atoms with Crippen LogP contribution in [0.5, 0.6) is 11.5 Å². The standard InChI is InChI=1S/C19H22ClNO6S/c1-5-11(3)27-17-13(20)7-12(8-14(17)26-6-2)9-15-18(23)21(19(24)28-15)10-16(22)25-4/h7-9,11H,5-6,10H2,1-4H3. The van der Waals surface area contributed by atoms with Crippen LogP contribution in [-0.4, -0.2) is 48.4 Å². The van der Waals surface area contributed by atoms with Crippen molar-refractivity contribution >= 4 is 46.6 Å². The normalized spacial score (nSPS) is 16.5. The van der Waals surface area contributed by atoms with Crippen molar-refractivity contribution in [3.63, 3.8) is 0 Å². The summed E-state index contributed by atoms with van der Waals surface area (Å²) in [6.45, 7) is 5.75. The molecule has 2 amide bonds. The molecule has 7 nitrogen and oxygen atoms in total. The van der Waals surface area contributed by atoms with Crippen LogP contribution >= 0.6 is 23.4 Å². The first-order valence-corrected chi connectivity index (χ1v) is 9.95. The van der Waals surface area contributed by atoms with E-state index < -0.39 is 23.7 Å². The van der Waals surface area contributed by atoms with Gasteiger partial charge in [-0.1, -0.05) is 18.5 Å². The van der Waals surface area contributed by atoms with Crippen molar-refractivity contribution in [1.29, 1.82) is 0 Å². The van der Waals surface area contributed by atoms with E-state index in [9.17, 15) is 14.4 Å². The number of benzene rings is 1. The average Bonchev–Trinajstić information content (AvgIpc) is 2.91. The van der Waals surface area contributed by atoms with Gasteiger partial charge in [0.1, 0.15) is 6.54 Å². The molecule has 1 unspecified atom stereocenters. The van der Waals surface area contributed by atoms with Gasteiger partial charge in [-0.25, -0.2) is 0 Å². The molecule has 152 valence electrons. The molecule has 0 radical (unpaired) electrons. The van der Waals surface area contributed by atoms with Gasteiger partial charge in [0.25, 0.3) is 11.1 Å². The molecule has 1 saturated heterocycles. The number of hydrogen-bond acceptors (Lipinski definition) is 7. The first-order valence-electron chi connectivity index (χ1n) is 8.75. The van der Waals surface area contributed by atoms with Crippen molar-refractivity contribution in [3.8, 4) is 11.5 Å². The largest absolute Gasteiger partial charge is 0.490 e. The van der Waals surface area contributed by atoms with Crippen LogP contribution in [0.1, 0.15) is 32.8 Å². The van der Waals surface area contributed by atoms with E-state index in [1.165, 1.54) is 13.2 Å². The number of imide groups is 1. The van der Waals surface area contributed by atoms with Gasteiger partial charge in [0.15, 0.2) is 11.5 Å². The lowest BCUT2D eigenvalue weighted by Gasteiger charge is -2.18. The lowest BCUT2D eigenvalue weighted by atomic mass is 10.1. The Kier molecular flexibility index (Phi) is 7.77. The second-order valence-corrected chi connectivity index (χ2v) is 7.34. The van der Waals surface area contributed by atoms with Gasteiger partial charge in [-0.15, -0.1) is 0 Å². The first kappa shape index (κ1) is 22.1. The fraction of sp³-hybridized carbons (Fsp3) is 0.421. The summed E-state index contributed by atoms with van der Waals surface area (Å²) in [4.78, 5) is 36.9. The van der Waals surface area contributed by atoms with E-state index in [1.807, 2.05) is 20.8 Å². The van der Waals surface area contributed by atoms with E-state index in [2.05, 4.69) is 4.74 Å². The molecule has 0 bridgehead atoms. The van der Waals surface area contributed by atoms with E-state index >= 15 is 0 Å². The Bertz CT molecular complexity index is 810. The van der Waals surface area contributed by atoms with Gasteiger partial charge in [0, 0.05) is 0 Å². The van der Waals surface area contributed by atoms with E-state index in [-0.39, 0.29) is 11.0 Å². The number of nitrogens with zero attached hydrogens (tertiary/aromatic N) is 1. The van der Waals surface area contributed by atoms with Crippen LogP contribution in [-0.2, 0) is 14.3 Å². The summed E-state index contributed by atoms with van der Waals surface area (Å²) in [5, 5.41) is -0.194. The molecule has 2 rings (SSSR count). The summed E-state index contributed by atoms with van der Waals surface area (Å²) in [5.41, 5.74) is 0.577. The minimum atomic E-state index is -0.670. The fourth-order valence-electron chi connectivity index (χ4n) is 2.31. The van der Waals surface area contributed by atoms with Crippen LogP contribution < -0.4 is 9.47 Å². The molecular weight excluding hydrogens is 406 g/mol. The maximum Gasteiger partial charge on any atom is 0.325 e. The summed E-state index contributed by atoms with van der Waals surface area (Å²) in [6.07, 6.45) is 2.29. The molecule has 0 N–H and O–H groups in total. The fourth-order valence-corrected chi connectivity index (χ4v) is 3.42. The molecule has 0 aliphatic carbocycles. The molecule has 1 aromatic rings. The Morgan fingerprint density at radius 1 is 1.32 bits per heavy atom. The lowest BCUT2D eigenvalue weighted by Crippen LogP contribution is -2.34. The molecular formula is C19H22ClNO6S. The van der Waals surface area contributed by atoms with Crippen molar-refractivity contribution in [3.05, 3.63) is 27.6 Å². The first-order chi connectivity index (χ1) is 13.3. The summed E-state index contributed by atoms with van der Waals surface area (Å²) >= 11 is 7.12. The predicted molar refractivity (Wildman–Crippen MR) is 108 cm³/mol. The summed E-state index contributed by atoms with van der Waals surface area (Å²) in [6, 6.07) is 3.33. The molecule has 9 heteroatoms. The molecule has 28 heavy (non-hydrogen) atoms. The van der Waals surface area contributed by atoms with Crippen molar-refractivity contribution < 1.29 is 28.6 Å². The molecule has 1 aliphatic heterocycles. The van der Waals surface area contributed by atoms with Crippen molar-refractivity contribution in [1.82, 2.24) is 4.90 Å². The summed E-state index contributed by atoms with van der Waals surface area (Å²) < 4.78 is 16.0. The third-order valence-electron chi connectivity index (χ3n) is 3.91. The summed E-state index contributed by atoms with van der Waals surface area (Å²) in [5.74, 6) is -0.338. The van der Waals surface area contributed by atoms with E-state index in [0.717, 1.165) is 23.1 Å². The predicted octanol–water partition coefficient (Wildman–Crippen LogP) is 4.13. The monoisotopic (exact) mass is 427 g/mol. The van der Waals surface area contributed by atoms with Crippen molar-refractivity contribution in [2.45, 2.75) is 33.3 Å². The van der Waals surface area contributed by atoms with Crippen LogP contribution in [0.4, 0.5) is 4.79 Å². The van der Waals surface area contributed by atoms with Gasteiger partial charge >= 0.3 is 5.97 Å². The zero-order valence-corrected chi connectivity index (χ0v) is 17.7. The number of ether oxygens (including phenoxy) is 3. The minimum absolute atomic E-state index is 0.0441. The smallest absolute Gasteiger partial charge is 0.325 e. The maximum atomic E-state index is 12.4. The molecule has 0 saturated carbocycles. The van der Waals surface area contributed by atoms with Gasteiger partial charge in [-0.2, -0.15) is 0 Å². The molecule has 1 fully saturated rings. The molecule has 1 atom stereocenters. The third-order valence-corrected chi connectivity index (χ3v) is 5.10. The van der Waals surface area contributed by atoms with Gasteiger partial charge in [0.05, 0.1) is 29.7 Å². The highest BCUT2D eigenvalue weighted by Crippen LogP contribution is 2.39. The van der Waals surface area contributed by atoms with Crippen molar-refractivity contribution in [2.75, 3.05) is 20.3 Å². The van der Waals surface area contributed by atoms with Crippen LogP contribution in [0, 0.1) is 0 Å². The second-order valence-electron chi connectivity index (χ2n) is 5.94. The highest BCUT2D eigenvalue weighted by Gasteiger charge is 2.36. The van der Waals surface area contributed by atoms with Crippen LogP contribution in [0.3, 0.4) is 0 Å². The van der Waals surface area contributed by atoms with Gasteiger partial charge in [0.2, 0.25) is 0 Å². The minimum Gasteiger partial charge on any atom is -0.490 e. The Hall–Kier alpha value is -2.19. The van der Waals surface area contributed by atoms with Crippen molar-refractivity contribution in [2.24, 2.45) is 0 Å². The number of esters is 1. The second kappa shape index (κ2) is 9.84. The Morgan fingerprint density at radius 3 is 2.64 bits per heavy atom. The molecule has 1 aromatic carbocycles. The number of carbonyl (C=O) groups excluding carboxylic acids is 3. The van der Waals surface area contributed by atoms with Crippen LogP contribution in [0.25, 0.3) is 6.08 Å². The lowest BCUT2D eigenvalue weighted by molar-refractivity contribution is -0.143. The molecule has 0 spiro atoms. The number of halogens is 1. The average molecular weight is 428 g/mol. The number of carbonyl (C=O) groups is 3. The number of amides is 2. The molecule has 1 aliphatic rings. The Labute approximate surface area is 172 Å². The number of rotatable bonds is 8. The number of methoxy groups -OCH3 is 1. The van der Waals surface area contributed by atoms with Crippen LogP contribution in [0.15, 0.2) is 17.0 Å². The maximum absolute atomic E-state index is 12.4. The SMILES string of the molecule is CCOc1cc(C=C2SC(=O)N(CC(=O)OC)C2=O)cc(Cl)c1OC(C)CC. The van der Waals surface area contributed by atoms with E-state index in [1.54, 1.807) is 12.1 Å². The van der Waals surface area contributed by atoms with E-state index in [4.69, 9.17) is 21.1 Å².